The van der Waals surface area contributed by atoms with E-state index in [4.69, 9.17) is 9.47 Å². The van der Waals surface area contributed by atoms with E-state index in [-0.39, 0.29) is 18.4 Å². The summed E-state index contributed by atoms with van der Waals surface area (Å²) < 4.78 is 11.0. The normalized spacial score (nSPS) is 19.2. The standard InChI is InChI=1S/C24H26N4O4/c1-28-20-12-18(7-8-21(20)32-15-23(28)29)17-5-3-16(4-6-17)11-19(13-25)27-24(30)22-14-26-9-2-10-31-22/h3-8,12,19,22,26H,2,9-11,14-15H2,1H3,(H,27,30). The maximum absolute atomic E-state index is 12.5. The van der Waals surface area contributed by atoms with Crippen LogP contribution in [0.2, 0.25) is 0 Å². The van der Waals surface area contributed by atoms with Crippen LogP contribution < -0.4 is 20.3 Å². The molecule has 166 valence electrons. The fourth-order valence-electron chi connectivity index (χ4n) is 3.80. The van der Waals surface area contributed by atoms with Gasteiger partial charge in [0.15, 0.2) is 6.61 Å². The molecule has 0 radical (unpaired) electrons. The largest absolute Gasteiger partial charge is 0.482 e. The van der Waals surface area contributed by atoms with Crippen molar-refractivity contribution in [2.24, 2.45) is 0 Å². The topological polar surface area (TPSA) is 104 Å². The first-order valence-corrected chi connectivity index (χ1v) is 10.7. The summed E-state index contributed by atoms with van der Waals surface area (Å²) in [5.74, 6) is 0.338. The molecule has 2 N–H and O–H groups in total. The average molecular weight is 434 g/mol. The lowest BCUT2D eigenvalue weighted by molar-refractivity contribution is -0.132. The second-order valence-electron chi connectivity index (χ2n) is 7.93. The number of amides is 2. The molecule has 8 nitrogen and oxygen atoms in total. The molecule has 0 bridgehead atoms. The maximum Gasteiger partial charge on any atom is 0.264 e. The minimum atomic E-state index is -0.638. The molecule has 2 aromatic rings. The molecular formula is C24H26N4O4. The summed E-state index contributed by atoms with van der Waals surface area (Å²) in [5, 5.41) is 15.5. The van der Waals surface area contributed by atoms with Gasteiger partial charge in [-0.25, -0.2) is 0 Å². The first-order chi connectivity index (χ1) is 15.5. The number of hydrogen-bond donors (Lipinski definition) is 2. The van der Waals surface area contributed by atoms with Gasteiger partial charge in [-0.1, -0.05) is 30.3 Å². The molecule has 2 atom stereocenters. The third-order valence-electron chi connectivity index (χ3n) is 5.68. The fourth-order valence-corrected chi connectivity index (χ4v) is 3.80. The number of benzene rings is 2. The van der Waals surface area contributed by atoms with Crippen molar-refractivity contribution in [2.45, 2.75) is 25.0 Å². The highest BCUT2D eigenvalue weighted by Gasteiger charge is 2.24. The highest BCUT2D eigenvalue weighted by atomic mass is 16.5. The second-order valence-corrected chi connectivity index (χ2v) is 7.93. The van der Waals surface area contributed by atoms with Crippen LogP contribution in [0.4, 0.5) is 5.69 Å². The van der Waals surface area contributed by atoms with Gasteiger partial charge >= 0.3 is 0 Å². The lowest BCUT2D eigenvalue weighted by Gasteiger charge is -2.26. The Balaban J connectivity index is 1.41. The van der Waals surface area contributed by atoms with E-state index in [1.807, 2.05) is 42.5 Å². The Labute approximate surface area is 187 Å². The van der Waals surface area contributed by atoms with Gasteiger partial charge in [-0.2, -0.15) is 5.26 Å². The van der Waals surface area contributed by atoms with Crippen LogP contribution in [0.1, 0.15) is 12.0 Å². The summed E-state index contributed by atoms with van der Waals surface area (Å²) in [6.07, 6.45) is 0.688. The van der Waals surface area contributed by atoms with E-state index < -0.39 is 12.1 Å². The monoisotopic (exact) mass is 434 g/mol. The van der Waals surface area contributed by atoms with Crippen molar-refractivity contribution in [1.29, 1.82) is 5.26 Å². The molecular weight excluding hydrogens is 408 g/mol. The summed E-state index contributed by atoms with van der Waals surface area (Å²) in [5.41, 5.74) is 3.63. The molecule has 0 saturated carbocycles. The number of carbonyl (C=O) groups excluding carboxylic acids is 2. The fraction of sp³-hybridized carbons (Fsp3) is 0.375. The minimum absolute atomic E-state index is 0.0531. The van der Waals surface area contributed by atoms with Crippen molar-refractivity contribution in [3.8, 4) is 22.9 Å². The molecule has 8 heteroatoms. The van der Waals surface area contributed by atoms with Crippen LogP contribution in [-0.4, -0.2) is 57.3 Å². The lowest BCUT2D eigenvalue weighted by atomic mass is 10.00. The van der Waals surface area contributed by atoms with E-state index in [1.54, 1.807) is 11.9 Å². The average Bonchev–Trinajstić information content (AvgIpc) is 3.11. The van der Waals surface area contributed by atoms with Crippen LogP contribution in [0.25, 0.3) is 11.1 Å². The van der Waals surface area contributed by atoms with Gasteiger partial charge in [0, 0.05) is 26.6 Å². The summed E-state index contributed by atoms with van der Waals surface area (Å²) in [4.78, 5) is 26.0. The molecule has 1 fully saturated rings. The SMILES string of the molecule is CN1C(=O)COc2ccc(-c3ccc(CC(C#N)NC(=O)C4CNCCCO4)cc3)cc21. The number of nitrogens with zero attached hydrogens (tertiary/aromatic N) is 2. The molecule has 2 aliphatic heterocycles. The van der Waals surface area contributed by atoms with Crippen molar-refractivity contribution in [1.82, 2.24) is 10.6 Å². The molecule has 0 spiro atoms. The van der Waals surface area contributed by atoms with Gasteiger partial charge < -0.3 is 25.0 Å². The van der Waals surface area contributed by atoms with Gasteiger partial charge in [0.25, 0.3) is 11.8 Å². The van der Waals surface area contributed by atoms with Gasteiger partial charge in [-0.05, 0) is 41.8 Å². The van der Waals surface area contributed by atoms with Crippen LogP contribution >= 0.6 is 0 Å². The first-order valence-electron chi connectivity index (χ1n) is 10.7. The quantitative estimate of drug-likeness (QED) is 0.742. The molecule has 2 heterocycles. The van der Waals surface area contributed by atoms with Gasteiger partial charge in [0.2, 0.25) is 0 Å². The van der Waals surface area contributed by atoms with E-state index >= 15 is 0 Å². The van der Waals surface area contributed by atoms with Crippen molar-refractivity contribution in [3.05, 3.63) is 48.0 Å². The Kier molecular flexibility index (Phi) is 6.69. The summed E-state index contributed by atoms with van der Waals surface area (Å²) in [6, 6.07) is 15.1. The molecule has 2 aliphatic rings. The Bertz CT molecular complexity index is 1020. The number of nitrogens with one attached hydrogen (secondary N) is 2. The summed E-state index contributed by atoms with van der Waals surface area (Å²) in [7, 11) is 1.74. The van der Waals surface area contributed by atoms with Gasteiger partial charge in [-0.15, -0.1) is 0 Å². The van der Waals surface area contributed by atoms with E-state index in [2.05, 4.69) is 16.7 Å². The van der Waals surface area contributed by atoms with Gasteiger partial charge in [-0.3, -0.25) is 9.59 Å². The zero-order valence-corrected chi connectivity index (χ0v) is 18.0. The van der Waals surface area contributed by atoms with E-state index in [0.717, 1.165) is 35.3 Å². The second kappa shape index (κ2) is 9.81. The Morgan fingerprint density at radius 3 is 2.84 bits per heavy atom. The van der Waals surface area contributed by atoms with Gasteiger partial charge in [0.1, 0.15) is 17.9 Å². The third-order valence-corrected chi connectivity index (χ3v) is 5.68. The van der Waals surface area contributed by atoms with Crippen molar-refractivity contribution in [3.63, 3.8) is 0 Å². The molecule has 0 aliphatic carbocycles. The predicted octanol–water partition coefficient (Wildman–Crippen LogP) is 1.64. The zero-order valence-electron chi connectivity index (χ0n) is 18.0. The third kappa shape index (κ3) is 4.90. The highest BCUT2D eigenvalue weighted by molar-refractivity contribution is 5.98. The predicted molar refractivity (Wildman–Crippen MR) is 119 cm³/mol. The molecule has 2 unspecified atom stereocenters. The number of ether oxygens (including phenoxy) is 2. The molecule has 0 aromatic heterocycles. The van der Waals surface area contributed by atoms with Crippen LogP contribution in [-0.2, 0) is 20.7 Å². The van der Waals surface area contributed by atoms with E-state index in [9.17, 15) is 14.9 Å². The minimum Gasteiger partial charge on any atom is -0.482 e. The highest BCUT2D eigenvalue weighted by Crippen LogP contribution is 2.35. The molecule has 2 aromatic carbocycles. The molecule has 4 rings (SSSR count). The zero-order chi connectivity index (χ0) is 22.5. The van der Waals surface area contributed by atoms with E-state index in [1.165, 1.54) is 0 Å². The maximum atomic E-state index is 12.5. The molecule has 2 amide bonds. The van der Waals surface area contributed by atoms with E-state index in [0.29, 0.717) is 25.3 Å². The number of likely N-dealkylation sites (N-methyl/N-ethyl adjacent to an activating group) is 1. The smallest absolute Gasteiger partial charge is 0.264 e. The van der Waals surface area contributed by atoms with Crippen LogP contribution in [0.3, 0.4) is 0 Å². The number of hydrogen-bond acceptors (Lipinski definition) is 6. The molecule has 32 heavy (non-hydrogen) atoms. The lowest BCUT2D eigenvalue weighted by Crippen LogP contribution is -2.46. The van der Waals surface area contributed by atoms with Crippen LogP contribution in [0.5, 0.6) is 5.75 Å². The van der Waals surface area contributed by atoms with Crippen molar-refractivity contribution >= 4 is 17.5 Å². The Hall–Kier alpha value is -3.41. The summed E-state index contributed by atoms with van der Waals surface area (Å²) in [6.45, 7) is 1.85. The number of nitriles is 1. The van der Waals surface area contributed by atoms with Gasteiger partial charge in [0.05, 0.1) is 11.8 Å². The first kappa shape index (κ1) is 21.8. The number of rotatable bonds is 5. The van der Waals surface area contributed by atoms with Crippen molar-refractivity contribution < 1.29 is 19.1 Å². The van der Waals surface area contributed by atoms with Crippen molar-refractivity contribution in [2.75, 3.05) is 38.3 Å². The Morgan fingerprint density at radius 2 is 2.06 bits per heavy atom. The van der Waals surface area contributed by atoms with Crippen LogP contribution in [0, 0.1) is 11.3 Å². The Morgan fingerprint density at radius 1 is 1.28 bits per heavy atom. The summed E-state index contributed by atoms with van der Waals surface area (Å²) >= 11 is 0. The molecule has 1 saturated heterocycles. The van der Waals surface area contributed by atoms with Crippen LogP contribution in [0.15, 0.2) is 42.5 Å². The number of anilines is 1. The number of fused-ring (bicyclic) bond motifs is 1. The number of carbonyl (C=O) groups is 2.